The summed E-state index contributed by atoms with van der Waals surface area (Å²) in [5.41, 5.74) is 1.04. The second kappa shape index (κ2) is 11.9. The summed E-state index contributed by atoms with van der Waals surface area (Å²) in [7, 11) is 4.92. The molecule has 136 valence electrons. The summed E-state index contributed by atoms with van der Waals surface area (Å²) >= 11 is 0. The third-order valence-corrected chi connectivity index (χ3v) is 3.44. The van der Waals surface area contributed by atoms with Gasteiger partial charge < -0.3 is 24.1 Å². The molecule has 1 atom stereocenters. The van der Waals surface area contributed by atoms with Crippen LogP contribution >= 0.6 is 0 Å². The van der Waals surface area contributed by atoms with E-state index in [1.54, 1.807) is 27.4 Å². The van der Waals surface area contributed by atoms with Crippen molar-refractivity contribution in [3.63, 3.8) is 0 Å². The van der Waals surface area contributed by atoms with Gasteiger partial charge in [-0.1, -0.05) is 6.08 Å². The Balaban J connectivity index is 2.72. The SMILES string of the molecule is C=CCOCC(O)CN(CCOC)Cc1cc(OC)cc(OC)c1. The Morgan fingerprint density at radius 3 is 2.38 bits per heavy atom. The van der Waals surface area contributed by atoms with E-state index in [1.165, 1.54) is 0 Å². The van der Waals surface area contributed by atoms with Crippen molar-refractivity contribution < 1.29 is 24.1 Å². The molecule has 1 rings (SSSR count). The van der Waals surface area contributed by atoms with E-state index in [9.17, 15) is 5.11 Å². The number of methoxy groups -OCH3 is 3. The molecule has 0 bridgehead atoms. The van der Waals surface area contributed by atoms with E-state index in [4.69, 9.17) is 18.9 Å². The highest BCUT2D eigenvalue weighted by Gasteiger charge is 2.14. The summed E-state index contributed by atoms with van der Waals surface area (Å²) in [6.45, 7) is 6.72. The topological polar surface area (TPSA) is 60.4 Å². The molecule has 1 unspecified atom stereocenters. The van der Waals surface area contributed by atoms with Gasteiger partial charge in [0.15, 0.2) is 0 Å². The molecule has 0 saturated carbocycles. The summed E-state index contributed by atoms with van der Waals surface area (Å²) in [5.74, 6) is 1.48. The molecule has 24 heavy (non-hydrogen) atoms. The second-order valence-corrected chi connectivity index (χ2v) is 5.43. The smallest absolute Gasteiger partial charge is 0.122 e. The van der Waals surface area contributed by atoms with Gasteiger partial charge in [-0.05, 0) is 17.7 Å². The van der Waals surface area contributed by atoms with Gasteiger partial charge in [0.1, 0.15) is 11.5 Å². The predicted octanol–water partition coefficient (Wildman–Crippen LogP) is 1.72. The first-order chi connectivity index (χ1) is 11.6. The lowest BCUT2D eigenvalue weighted by atomic mass is 10.1. The lowest BCUT2D eigenvalue weighted by Crippen LogP contribution is -2.36. The molecule has 0 heterocycles. The van der Waals surface area contributed by atoms with E-state index in [-0.39, 0.29) is 6.61 Å². The lowest BCUT2D eigenvalue weighted by Gasteiger charge is -2.25. The van der Waals surface area contributed by atoms with Crippen LogP contribution in [0.5, 0.6) is 11.5 Å². The standard InChI is InChI=1S/C18H29NO5/c1-5-7-24-14-16(20)13-19(6-8-21-2)12-15-9-17(22-3)11-18(10-15)23-4/h5,9-11,16,20H,1,6-8,12-14H2,2-4H3. The molecule has 6 heteroatoms. The van der Waals surface area contributed by atoms with Gasteiger partial charge in [0.25, 0.3) is 0 Å². The molecular weight excluding hydrogens is 310 g/mol. The Bertz CT molecular complexity index is 458. The number of rotatable bonds is 13. The molecule has 0 spiro atoms. The van der Waals surface area contributed by atoms with Gasteiger partial charge >= 0.3 is 0 Å². The summed E-state index contributed by atoms with van der Waals surface area (Å²) < 4.78 is 21.1. The zero-order chi connectivity index (χ0) is 17.8. The Morgan fingerprint density at radius 2 is 1.83 bits per heavy atom. The molecular formula is C18H29NO5. The highest BCUT2D eigenvalue weighted by atomic mass is 16.5. The molecule has 6 nitrogen and oxygen atoms in total. The number of nitrogens with zero attached hydrogens (tertiary/aromatic N) is 1. The van der Waals surface area contributed by atoms with E-state index in [1.807, 2.05) is 18.2 Å². The van der Waals surface area contributed by atoms with Crippen molar-refractivity contribution in [2.24, 2.45) is 0 Å². The van der Waals surface area contributed by atoms with Crippen LogP contribution in [0, 0.1) is 0 Å². The Hall–Kier alpha value is -1.60. The monoisotopic (exact) mass is 339 g/mol. The molecule has 1 aromatic rings. The van der Waals surface area contributed by atoms with Crippen molar-refractivity contribution >= 4 is 0 Å². The second-order valence-electron chi connectivity index (χ2n) is 5.43. The van der Waals surface area contributed by atoms with E-state index in [0.29, 0.717) is 32.8 Å². The van der Waals surface area contributed by atoms with Crippen LogP contribution in [0.2, 0.25) is 0 Å². The number of aliphatic hydroxyl groups is 1. The van der Waals surface area contributed by atoms with Crippen molar-refractivity contribution in [3.05, 3.63) is 36.4 Å². The number of benzene rings is 1. The van der Waals surface area contributed by atoms with Crippen LogP contribution in [0.4, 0.5) is 0 Å². The zero-order valence-electron chi connectivity index (χ0n) is 14.9. The highest BCUT2D eigenvalue weighted by molar-refractivity contribution is 5.38. The first-order valence-corrected chi connectivity index (χ1v) is 7.92. The molecule has 0 radical (unpaired) electrons. The third kappa shape index (κ3) is 7.79. The van der Waals surface area contributed by atoms with Crippen molar-refractivity contribution in [1.29, 1.82) is 0 Å². The lowest BCUT2D eigenvalue weighted by molar-refractivity contribution is 0.0194. The van der Waals surface area contributed by atoms with Crippen LogP contribution in [0.15, 0.2) is 30.9 Å². The van der Waals surface area contributed by atoms with Gasteiger partial charge in [-0.25, -0.2) is 0 Å². The van der Waals surface area contributed by atoms with Crippen molar-refractivity contribution in [1.82, 2.24) is 4.90 Å². The van der Waals surface area contributed by atoms with Gasteiger partial charge in [-0.15, -0.1) is 6.58 Å². The molecule has 0 aliphatic carbocycles. The number of hydrogen-bond donors (Lipinski definition) is 1. The van der Waals surface area contributed by atoms with E-state index < -0.39 is 6.10 Å². The van der Waals surface area contributed by atoms with E-state index >= 15 is 0 Å². The maximum absolute atomic E-state index is 10.1. The maximum atomic E-state index is 10.1. The Kier molecular flexibility index (Phi) is 10.1. The summed E-state index contributed by atoms with van der Waals surface area (Å²) in [6, 6.07) is 5.76. The fraction of sp³-hybridized carbons (Fsp3) is 0.556. The number of aliphatic hydroxyl groups excluding tert-OH is 1. The first-order valence-electron chi connectivity index (χ1n) is 7.92. The van der Waals surface area contributed by atoms with E-state index in [0.717, 1.165) is 17.1 Å². The van der Waals surface area contributed by atoms with Crippen LogP contribution in [0.3, 0.4) is 0 Å². The minimum Gasteiger partial charge on any atom is -0.497 e. The fourth-order valence-corrected chi connectivity index (χ4v) is 2.31. The highest BCUT2D eigenvalue weighted by Crippen LogP contribution is 2.23. The first kappa shape index (κ1) is 20.4. The molecule has 0 aliphatic rings. The van der Waals surface area contributed by atoms with Crippen molar-refractivity contribution in [3.8, 4) is 11.5 Å². The molecule has 0 aromatic heterocycles. The van der Waals surface area contributed by atoms with Gasteiger partial charge in [0.2, 0.25) is 0 Å². The van der Waals surface area contributed by atoms with Crippen LogP contribution in [-0.2, 0) is 16.0 Å². The minimum atomic E-state index is -0.575. The molecule has 0 amide bonds. The maximum Gasteiger partial charge on any atom is 0.122 e. The van der Waals surface area contributed by atoms with Gasteiger partial charge in [0.05, 0.1) is 40.1 Å². The van der Waals surface area contributed by atoms with Crippen LogP contribution in [-0.4, -0.2) is 70.3 Å². The van der Waals surface area contributed by atoms with Gasteiger partial charge in [0, 0.05) is 32.8 Å². The van der Waals surface area contributed by atoms with Crippen LogP contribution < -0.4 is 9.47 Å². The average Bonchev–Trinajstić information content (AvgIpc) is 2.59. The normalized spacial score (nSPS) is 12.2. The summed E-state index contributed by atoms with van der Waals surface area (Å²) in [4.78, 5) is 2.11. The number of hydrogen-bond acceptors (Lipinski definition) is 6. The fourth-order valence-electron chi connectivity index (χ4n) is 2.31. The Morgan fingerprint density at radius 1 is 1.17 bits per heavy atom. The summed E-state index contributed by atoms with van der Waals surface area (Å²) in [6.07, 6.45) is 1.09. The van der Waals surface area contributed by atoms with Crippen LogP contribution in [0.25, 0.3) is 0 Å². The predicted molar refractivity (Wildman–Crippen MR) is 93.7 cm³/mol. The number of ether oxygens (including phenoxy) is 4. The van der Waals surface area contributed by atoms with Crippen molar-refractivity contribution in [2.75, 3.05) is 54.2 Å². The largest absolute Gasteiger partial charge is 0.497 e. The molecule has 0 fully saturated rings. The van der Waals surface area contributed by atoms with Crippen molar-refractivity contribution in [2.45, 2.75) is 12.6 Å². The average molecular weight is 339 g/mol. The molecule has 0 aliphatic heterocycles. The molecule has 0 saturated heterocycles. The molecule has 1 N–H and O–H groups in total. The Labute approximate surface area is 144 Å². The third-order valence-electron chi connectivity index (χ3n) is 3.44. The van der Waals surface area contributed by atoms with Gasteiger partial charge in [-0.2, -0.15) is 0 Å². The minimum absolute atomic E-state index is 0.275. The van der Waals surface area contributed by atoms with Crippen LogP contribution in [0.1, 0.15) is 5.56 Å². The zero-order valence-corrected chi connectivity index (χ0v) is 14.9. The van der Waals surface area contributed by atoms with Gasteiger partial charge in [-0.3, -0.25) is 4.90 Å². The van der Waals surface area contributed by atoms with E-state index in [2.05, 4.69) is 11.5 Å². The molecule has 1 aromatic carbocycles. The quantitative estimate of drug-likeness (QED) is 0.436. The summed E-state index contributed by atoms with van der Waals surface area (Å²) in [5, 5.41) is 10.1.